The van der Waals surface area contributed by atoms with E-state index in [1.807, 2.05) is 54.6 Å². The fourth-order valence-electron chi connectivity index (χ4n) is 3.16. The van der Waals surface area contributed by atoms with Gasteiger partial charge in [-0.05, 0) is 47.5 Å². The molecule has 3 aromatic rings. The van der Waals surface area contributed by atoms with Gasteiger partial charge >= 0.3 is 0 Å². The van der Waals surface area contributed by atoms with Crippen molar-refractivity contribution in [2.24, 2.45) is 0 Å². The van der Waals surface area contributed by atoms with Crippen LogP contribution in [0.25, 0.3) is 11.1 Å². The van der Waals surface area contributed by atoms with E-state index in [0.29, 0.717) is 30.0 Å². The lowest BCUT2D eigenvalue weighted by molar-refractivity contribution is 0.102. The number of hydrogen-bond acceptors (Lipinski definition) is 4. The van der Waals surface area contributed by atoms with E-state index in [9.17, 15) is 9.90 Å². The Morgan fingerprint density at radius 2 is 1.67 bits per heavy atom. The molecule has 1 aliphatic heterocycles. The van der Waals surface area contributed by atoms with Gasteiger partial charge in [0.2, 0.25) is 0 Å². The van der Waals surface area contributed by atoms with Crippen molar-refractivity contribution in [1.82, 2.24) is 0 Å². The summed E-state index contributed by atoms with van der Waals surface area (Å²) < 4.78 is 0. The van der Waals surface area contributed by atoms with E-state index in [1.54, 1.807) is 18.2 Å². The highest BCUT2D eigenvalue weighted by Crippen LogP contribution is 2.28. The molecular formula is C22H21N3O2. The van der Waals surface area contributed by atoms with Gasteiger partial charge in [-0.25, -0.2) is 0 Å². The number of nitrogens with zero attached hydrogens (tertiary/aromatic N) is 1. The molecular weight excluding hydrogens is 338 g/mol. The Hall–Kier alpha value is -3.31. The van der Waals surface area contributed by atoms with Crippen LogP contribution in [0.2, 0.25) is 0 Å². The molecule has 136 valence electrons. The molecule has 0 atom stereocenters. The first-order valence-electron chi connectivity index (χ1n) is 8.89. The molecule has 27 heavy (non-hydrogen) atoms. The molecule has 1 amide bonds. The number of anilines is 3. The minimum Gasteiger partial charge on any atom is -0.397 e. The number of nitrogens with one attached hydrogen (secondary N) is 1. The maximum Gasteiger partial charge on any atom is 0.255 e. The maximum absolute atomic E-state index is 12.6. The normalized spacial score (nSPS) is 13.9. The number of amides is 1. The second kappa shape index (κ2) is 7.13. The van der Waals surface area contributed by atoms with Crippen molar-refractivity contribution >= 4 is 23.0 Å². The van der Waals surface area contributed by atoms with Crippen LogP contribution in [0.4, 0.5) is 17.1 Å². The summed E-state index contributed by atoms with van der Waals surface area (Å²) in [7, 11) is 0. The Kier molecular flexibility index (Phi) is 4.52. The number of rotatable bonds is 4. The van der Waals surface area contributed by atoms with Gasteiger partial charge in [0.15, 0.2) is 0 Å². The first-order chi connectivity index (χ1) is 13.1. The topological polar surface area (TPSA) is 78.6 Å². The quantitative estimate of drug-likeness (QED) is 0.624. The number of β-amino-alcohol motifs (C(OH)–C–C–N with tert-alkyl or cyclic N) is 1. The summed E-state index contributed by atoms with van der Waals surface area (Å²) in [5.41, 5.74) is 10.8. The number of nitrogens with two attached hydrogens (primary N) is 1. The zero-order chi connectivity index (χ0) is 18.8. The van der Waals surface area contributed by atoms with Crippen molar-refractivity contribution in [2.75, 3.05) is 29.0 Å². The molecule has 1 saturated heterocycles. The molecule has 0 spiro atoms. The number of carbonyl (C=O) groups excluding carboxylic acids is 1. The second-order valence-electron chi connectivity index (χ2n) is 6.73. The van der Waals surface area contributed by atoms with E-state index < -0.39 is 0 Å². The first kappa shape index (κ1) is 17.1. The van der Waals surface area contributed by atoms with Crippen LogP contribution >= 0.6 is 0 Å². The number of hydrogen-bond donors (Lipinski definition) is 3. The number of carbonyl (C=O) groups is 1. The van der Waals surface area contributed by atoms with Crippen LogP contribution in [0.1, 0.15) is 10.4 Å². The van der Waals surface area contributed by atoms with Crippen LogP contribution in [-0.4, -0.2) is 30.2 Å². The van der Waals surface area contributed by atoms with E-state index in [1.165, 1.54) is 0 Å². The third-order valence-electron chi connectivity index (χ3n) is 4.77. The summed E-state index contributed by atoms with van der Waals surface area (Å²) in [4.78, 5) is 14.7. The molecule has 3 aromatic carbocycles. The molecule has 0 unspecified atom stereocenters. The van der Waals surface area contributed by atoms with Gasteiger partial charge in [-0.3, -0.25) is 4.79 Å². The molecule has 0 aliphatic carbocycles. The highest BCUT2D eigenvalue weighted by Gasteiger charge is 2.24. The monoisotopic (exact) mass is 359 g/mol. The summed E-state index contributed by atoms with van der Waals surface area (Å²) in [5, 5.41) is 12.3. The smallest absolute Gasteiger partial charge is 0.255 e. The van der Waals surface area contributed by atoms with Crippen molar-refractivity contribution in [3.63, 3.8) is 0 Å². The molecule has 1 fully saturated rings. The molecule has 0 aromatic heterocycles. The highest BCUT2D eigenvalue weighted by molar-refractivity contribution is 6.06. The van der Waals surface area contributed by atoms with E-state index in [2.05, 4.69) is 10.2 Å². The molecule has 4 rings (SSSR count). The number of nitrogen functional groups attached to an aromatic ring is 1. The largest absolute Gasteiger partial charge is 0.397 e. The van der Waals surface area contributed by atoms with Crippen LogP contribution in [-0.2, 0) is 0 Å². The molecule has 5 heteroatoms. The van der Waals surface area contributed by atoms with Crippen molar-refractivity contribution < 1.29 is 9.90 Å². The maximum atomic E-state index is 12.6. The molecule has 0 radical (unpaired) electrons. The van der Waals surface area contributed by atoms with Gasteiger partial charge in [0.1, 0.15) is 0 Å². The SMILES string of the molecule is Nc1ccc(-c2ccccc2)cc1NC(=O)c1ccc(N2CC(O)C2)cc1. The van der Waals surface area contributed by atoms with Crippen LogP contribution in [0, 0.1) is 0 Å². The van der Waals surface area contributed by atoms with Crippen molar-refractivity contribution in [1.29, 1.82) is 0 Å². The van der Waals surface area contributed by atoms with Gasteiger partial charge in [-0.1, -0.05) is 36.4 Å². The van der Waals surface area contributed by atoms with E-state index >= 15 is 0 Å². The van der Waals surface area contributed by atoms with Gasteiger partial charge < -0.3 is 21.1 Å². The summed E-state index contributed by atoms with van der Waals surface area (Å²) in [6.07, 6.45) is -0.257. The average Bonchev–Trinajstić information content (AvgIpc) is 2.68. The highest BCUT2D eigenvalue weighted by atomic mass is 16.3. The Morgan fingerprint density at radius 3 is 2.33 bits per heavy atom. The molecule has 4 N–H and O–H groups in total. The molecule has 1 heterocycles. The number of benzene rings is 3. The summed E-state index contributed by atoms with van der Waals surface area (Å²) in [5.74, 6) is -0.206. The first-order valence-corrected chi connectivity index (χ1v) is 8.89. The predicted molar refractivity (Wildman–Crippen MR) is 109 cm³/mol. The van der Waals surface area contributed by atoms with Gasteiger partial charge in [-0.2, -0.15) is 0 Å². The average molecular weight is 359 g/mol. The van der Waals surface area contributed by atoms with E-state index in [4.69, 9.17) is 5.73 Å². The van der Waals surface area contributed by atoms with Crippen LogP contribution in [0.15, 0.2) is 72.8 Å². The Balaban J connectivity index is 1.51. The van der Waals surface area contributed by atoms with E-state index in [0.717, 1.165) is 16.8 Å². The van der Waals surface area contributed by atoms with Crippen LogP contribution < -0.4 is 16.0 Å². The standard InChI is InChI=1S/C22H21N3O2/c23-20-11-8-17(15-4-2-1-3-5-15)12-21(20)24-22(27)16-6-9-18(10-7-16)25-13-19(26)14-25/h1-12,19,26H,13-14,23H2,(H,24,27). The summed E-state index contributed by atoms with van der Waals surface area (Å²) in [6, 6.07) is 22.9. The minimum atomic E-state index is -0.257. The van der Waals surface area contributed by atoms with Crippen molar-refractivity contribution in [2.45, 2.75) is 6.10 Å². The van der Waals surface area contributed by atoms with Crippen molar-refractivity contribution in [3.05, 3.63) is 78.4 Å². The van der Waals surface area contributed by atoms with Gasteiger partial charge in [0.25, 0.3) is 5.91 Å². The Bertz CT molecular complexity index is 949. The third-order valence-corrected chi connectivity index (χ3v) is 4.77. The Labute approximate surface area is 158 Å². The fraction of sp³-hybridized carbons (Fsp3) is 0.136. The lowest BCUT2D eigenvalue weighted by Crippen LogP contribution is -2.50. The fourth-order valence-corrected chi connectivity index (χ4v) is 3.16. The van der Waals surface area contributed by atoms with Gasteiger partial charge in [0.05, 0.1) is 17.5 Å². The van der Waals surface area contributed by atoms with Gasteiger partial charge in [-0.15, -0.1) is 0 Å². The lowest BCUT2D eigenvalue weighted by atomic mass is 10.0. The Morgan fingerprint density at radius 1 is 0.963 bits per heavy atom. The second-order valence-corrected chi connectivity index (χ2v) is 6.73. The predicted octanol–water partition coefficient (Wildman–Crippen LogP) is 3.37. The summed E-state index contributed by atoms with van der Waals surface area (Å²) >= 11 is 0. The summed E-state index contributed by atoms with van der Waals surface area (Å²) in [6.45, 7) is 1.27. The number of aliphatic hydroxyl groups excluding tert-OH is 1. The lowest BCUT2D eigenvalue weighted by Gasteiger charge is -2.37. The minimum absolute atomic E-state index is 0.206. The number of aliphatic hydroxyl groups is 1. The molecule has 0 saturated carbocycles. The van der Waals surface area contributed by atoms with Crippen molar-refractivity contribution in [3.8, 4) is 11.1 Å². The zero-order valence-corrected chi connectivity index (χ0v) is 14.8. The third kappa shape index (κ3) is 3.64. The van der Waals surface area contributed by atoms with Crippen LogP contribution in [0.3, 0.4) is 0 Å². The van der Waals surface area contributed by atoms with Crippen LogP contribution in [0.5, 0.6) is 0 Å². The van der Waals surface area contributed by atoms with E-state index in [-0.39, 0.29) is 12.0 Å². The molecule has 0 bridgehead atoms. The van der Waals surface area contributed by atoms with Gasteiger partial charge in [0, 0.05) is 24.3 Å². The molecule has 1 aliphatic rings. The zero-order valence-electron chi connectivity index (χ0n) is 14.8. The molecule has 5 nitrogen and oxygen atoms in total.